The van der Waals surface area contributed by atoms with Crippen molar-refractivity contribution in [2.45, 2.75) is 31.0 Å². The van der Waals surface area contributed by atoms with Crippen molar-refractivity contribution in [1.82, 2.24) is 9.47 Å². The van der Waals surface area contributed by atoms with Gasteiger partial charge in [-0.3, -0.25) is 9.69 Å². The Morgan fingerprint density at radius 1 is 1.03 bits per heavy atom. The maximum Gasteiger partial charge on any atom is 0.343 e. The summed E-state index contributed by atoms with van der Waals surface area (Å²) >= 11 is 1.71. The number of carbonyl (C=O) groups is 1. The Hall–Kier alpha value is -3.10. The highest BCUT2D eigenvalue weighted by molar-refractivity contribution is 7.98. The van der Waals surface area contributed by atoms with E-state index in [0.717, 1.165) is 12.1 Å². The number of rotatable bonds is 7. The first-order valence-corrected chi connectivity index (χ1v) is 12.3. The molecule has 1 aromatic heterocycles. The fourth-order valence-corrected chi connectivity index (χ4v) is 4.53. The summed E-state index contributed by atoms with van der Waals surface area (Å²) < 4.78 is 25.7. The van der Waals surface area contributed by atoms with E-state index in [4.69, 9.17) is 9.47 Å². The molecule has 0 radical (unpaired) electrons. The number of thioether (sulfide) groups is 1. The van der Waals surface area contributed by atoms with Crippen LogP contribution in [0.2, 0.25) is 0 Å². The number of ether oxygens (including phenoxy) is 2. The van der Waals surface area contributed by atoms with Crippen LogP contribution in [0.15, 0.2) is 64.3 Å². The molecule has 0 atom stereocenters. The highest BCUT2D eigenvalue weighted by Gasteiger charge is 2.26. The monoisotopic (exact) mass is 482 g/mol. The van der Waals surface area contributed by atoms with Crippen LogP contribution in [0, 0.1) is 5.82 Å². The molecule has 2 aromatic carbocycles. The summed E-state index contributed by atoms with van der Waals surface area (Å²) in [7, 11) is 1.31. The van der Waals surface area contributed by atoms with E-state index in [0.29, 0.717) is 31.7 Å². The topological polar surface area (TPSA) is 60.8 Å². The zero-order valence-corrected chi connectivity index (χ0v) is 20.1. The Labute approximate surface area is 202 Å². The first-order valence-electron chi connectivity index (χ1n) is 11.1. The predicted molar refractivity (Wildman–Crippen MR) is 130 cm³/mol. The predicted octanol–water partition coefficient (Wildman–Crippen LogP) is 4.13. The lowest BCUT2D eigenvalue weighted by Crippen LogP contribution is -2.29. The van der Waals surface area contributed by atoms with Crippen LogP contribution in [0.1, 0.15) is 27.2 Å². The van der Waals surface area contributed by atoms with Crippen LogP contribution in [0.4, 0.5) is 4.39 Å². The van der Waals surface area contributed by atoms with Crippen LogP contribution in [0.3, 0.4) is 0 Å². The first kappa shape index (κ1) is 24.0. The minimum atomic E-state index is -0.543. The molecule has 0 amide bonds. The van der Waals surface area contributed by atoms with Crippen molar-refractivity contribution in [3.8, 4) is 5.75 Å². The van der Waals surface area contributed by atoms with Crippen molar-refractivity contribution >= 4 is 17.7 Å². The number of halogens is 1. The van der Waals surface area contributed by atoms with Crippen molar-refractivity contribution in [1.29, 1.82) is 0 Å². The molecule has 8 heteroatoms. The van der Waals surface area contributed by atoms with Gasteiger partial charge >= 0.3 is 5.97 Å². The fourth-order valence-electron chi connectivity index (χ4n) is 4.12. The minimum Gasteiger partial charge on any atom is -0.488 e. The number of esters is 1. The summed E-state index contributed by atoms with van der Waals surface area (Å²) in [6, 6.07) is 15.7. The Balaban J connectivity index is 1.57. The molecular weight excluding hydrogens is 455 g/mol. The molecule has 1 aliphatic heterocycles. The molecule has 0 saturated heterocycles. The van der Waals surface area contributed by atoms with Crippen LogP contribution in [0.5, 0.6) is 5.75 Å². The number of benzene rings is 2. The van der Waals surface area contributed by atoms with E-state index < -0.39 is 5.97 Å². The van der Waals surface area contributed by atoms with Gasteiger partial charge in [0.15, 0.2) is 0 Å². The third-order valence-corrected chi connectivity index (χ3v) is 6.69. The molecule has 34 heavy (non-hydrogen) atoms. The molecule has 0 fully saturated rings. The molecule has 178 valence electrons. The smallest absolute Gasteiger partial charge is 0.343 e. The zero-order valence-electron chi connectivity index (χ0n) is 19.3. The van der Waals surface area contributed by atoms with Crippen LogP contribution in [-0.4, -0.2) is 41.9 Å². The summed E-state index contributed by atoms with van der Waals surface area (Å²) in [4.78, 5) is 29.2. The van der Waals surface area contributed by atoms with Gasteiger partial charge in [0.05, 0.1) is 7.11 Å². The minimum absolute atomic E-state index is 0.103. The third-order valence-electron chi connectivity index (χ3n) is 5.95. The van der Waals surface area contributed by atoms with Gasteiger partial charge in [-0.15, -0.1) is 11.8 Å². The van der Waals surface area contributed by atoms with Gasteiger partial charge in [0.1, 0.15) is 23.7 Å². The van der Waals surface area contributed by atoms with E-state index in [1.54, 1.807) is 28.5 Å². The lowest BCUT2D eigenvalue weighted by Gasteiger charge is -2.19. The van der Waals surface area contributed by atoms with Gasteiger partial charge in [-0.05, 0) is 41.6 Å². The van der Waals surface area contributed by atoms with Crippen molar-refractivity contribution in [3.63, 3.8) is 0 Å². The van der Waals surface area contributed by atoms with Gasteiger partial charge < -0.3 is 14.0 Å². The van der Waals surface area contributed by atoms with Gasteiger partial charge in [0.25, 0.3) is 5.56 Å². The fraction of sp³-hybridized carbons (Fsp3) is 0.308. The van der Waals surface area contributed by atoms with Crippen molar-refractivity contribution < 1.29 is 18.7 Å². The average molecular weight is 483 g/mol. The zero-order chi connectivity index (χ0) is 24.1. The molecule has 0 aliphatic carbocycles. The van der Waals surface area contributed by atoms with Crippen molar-refractivity contribution in [2.24, 2.45) is 0 Å². The Bertz CT molecular complexity index is 1210. The normalized spacial score (nSPS) is 13.7. The summed E-state index contributed by atoms with van der Waals surface area (Å²) in [5.41, 5.74) is 2.60. The highest BCUT2D eigenvalue weighted by atomic mass is 32.2. The summed E-state index contributed by atoms with van der Waals surface area (Å²) in [5.74, 6) is -0.695. The van der Waals surface area contributed by atoms with Gasteiger partial charge in [-0.2, -0.15) is 0 Å². The lowest BCUT2D eigenvalue weighted by atomic mass is 10.1. The van der Waals surface area contributed by atoms with E-state index in [-0.39, 0.29) is 29.3 Å². The molecule has 6 nitrogen and oxygen atoms in total. The number of carbonyl (C=O) groups excluding carboxylic acids is 1. The second-order valence-corrected chi connectivity index (χ2v) is 8.98. The van der Waals surface area contributed by atoms with Gasteiger partial charge in [0, 0.05) is 49.3 Å². The highest BCUT2D eigenvalue weighted by Crippen LogP contribution is 2.25. The molecule has 0 saturated carbocycles. The number of methoxy groups -OCH3 is 1. The van der Waals surface area contributed by atoms with Crippen molar-refractivity contribution in [2.75, 3.05) is 26.5 Å². The summed E-state index contributed by atoms with van der Waals surface area (Å²) in [6.45, 7) is 2.71. The van der Waals surface area contributed by atoms with Crippen molar-refractivity contribution in [3.05, 3.63) is 93.2 Å². The number of pyridine rings is 1. The van der Waals surface area contributed by atoms with Gasteiger partial charge in [-0.1, -0.05) is 24.3 Å². The van der Waals surface area contributed by atoms with Crippen LogP contribution in [0.25, 0.3) is 0 Å². The Kier molecular flexibility index (Phi) is 7.70. The number of hydrogen-bond donors (Lipinski definition) is 0. The molecule has 0 unspecified atom stereocenters. The second-order valence-electron chi connectivity index (χ2n) is 8.10. The standard InChI is InChI=1S/C26H27FN2O4S/c1-32-26(31)25-22-11-12-28(16-18-5-9-21(34-2)10-6-18)13-14-29(22)24(30)15-23(25)33-17-19-3-7-20(27)8-4-19/h3-10,15H,11-14,16-17H2,1-2H3. The lowest BCUT2D eigenvalue weighted by molar-refractivity contribution is 0.0592. The molecular formula is C26H27FN2O4S. The maximum atomic E-state index is 13.2. The Morgan fingerprint density at radius 3 is 2.41 bits per heavy atom. The third kappa shape index (κ3) is 5.51. The van der Waals surface area contributed by atoms with Crippen LogP contribution in [-0.2, 0) is 30.9 Å². The molecule has 0 bridgehead atoms. The van der Waals surface area contributed by atoms with E-state index >= 15 is 0 Å². The molecule has 0 spiro atoms. The Morgan fingerprint density at radius 2 is 1.74 bits per heavy atom. The number of fused-ring (bicyclic) bond motifs is 1. The number of hydrogen-bond acceptors (Lipinski definition) is 6. The van der Waals surface area contributed by atoms with Crippen LogP contribution < -0.4 is 10.3 Å². The quantitative estimate of drug-likeness (QED) is 0.373. The number of aromatic nitrogens is 1. The second kappa shape index (κ2) is 10.9. The summed E-state index contributed by atoms with van der Waals surface area (Å²) in [6.07, 6.45) is 2.56. The SMILES string of the molecule is COC(=O)c1c(OCc2ccc(F)cc2)cc(=O)n2c1CCN(Cc1ccc(SC)cc1)CC2. The molecule has 4 rings (SSSR count). The van der Waals surface area contributed by atoms with Gasteiger partial charge in [0.2, 0.25) is 0 Å². The van der Waals surface area contributed by atoms with E-state index in [1.807, 2.05) is 0 Å². The maximum absolute atomic E-state index is 13.2. The van der Waals surface area contributed by atoms with E-state index in [2.05, 4.69) is 35.4 Å². The molecule has 1 aliphatic rings. The van der Waals surface area contributed by atoms with Gasteiger partial charge in [-0.25, -0.2) is 9.18 Å². The first-order chi connectivity index (χ1) is 16.5. The van der Waals surface area contributed by atoms with E-state index in [9.17, 15) is 14.0 Å². The number of nitrogens with zero attached hydrogens (tertiary/aromatic N) is 2. The molecule has 3 aromatic rings. The molecule has 2 heterocycles. The van der Waals surface area contributed by atoms with Crippen LogP contribution >= 0.6 is 11.8 Å². The molecule has 0 N–H and O–H groups in total. The average Bonchev–Trinajstić information content (AvgIpc) is 3.07. The summed E-state index contributed by atoms with van der Waals surface area (Å²) in [5, 5.41) is 0. The largest absolute Gasteiger partial charge is 0.488 e. The van der Waals surface area contributed by atoms with E-state index in [1.165, 1.54) is 35.8 Å².